The number of alkyl halides is 1. The molecule has 4 rings (SSSR count). The number of hydrogen-bond donors (Lipinski definition) is 2. The first-order chi connectivity index (χ1) is 17.8. The fourth-order valence-corrected chi connectivity index (χ4v) is 8.15. The molecule has 210 valence electrons. The van der Waals surface area contributed by atoms with Crippen LogP contribution in [-0.4, -0.2) is 58.5 Å². The van der Waals surface area contributed by atoms with Gasteiger partial charge in [0.2, 0.25) is 5.78 Å². The number of allylic oxidation sites excluding steroid dienone is 5. The van der Waals surface area contributed by atoms with Crippen molar-refractivity contribution in [3.8, 4) is 0 Å². The van der Waals surface area contributed by atoms with Crippen LogP contribution in [0.5, 0.6) is 0 Å². The van der Waals surface area contributed by atoms with Crippen LogP contribution in [0.15, 0.2) is 36.0 Å². The molecule has 0 radical (unpaired) electrons. The Bertz CT molecular complexity index is 1080. The van der Waals surface area contributed by atoms with E-state index in [9.17, 15) is 24.6 Å². The zero-order valence-corrected chi connectivity index (χ0v) is 22.9. The predicted octanol–water partition coefficient (Wildman–Crippen LogP) is 4.80. The number of rotatable bonds is 8. The van der Waals surface area contributed by atoms with E-state index < -0.39 is 58.6 Å². The summed E-state index contributed by atoms with van der Waals surface area (Å²) in [6, 6.07) is 0. The van der Waals surface area contributed by atoms with Crippen LogP contribution in [0, 0.1) is 28.6 Å². The van der Waals surface area contributed by atoms with Crippen LogP contribution < -0.4 is 0 Å². The van der Waals surface area contributed by atoms with E-state index in [4.69, 9.17) is 9.47 Å². The van der Waals surface area contributed by atoms with Crippen LogP contribution in [0.4, 0.5) is 9.18 Å². The van der Waals surface area contributed by atoms with E-state index in [0.717, 1.165) is 11.1 Å². The molecular formula is C30H41FO7. The number of halogens is 1. The maximum atomic E-state index is 17.3. The summed E-state index contributed by atoms with van der Waals surface area (Å²) >= 11 is 0. The predicted molar refractivity (Wildman–Crippen MR) is 139 cm³/mol. The number of hydrogen-bond acceptors (Lipinski definition) is 7. The van der Waals surface area contributed by atoms with E-state index in [0.29, 0.717) is 32.1 Å². The quantitative estimate of drug-likeness (QED) is 0.432. The van der Waals surface area contributed by atoms with E-state index in [1.807, 2.05) is 26.0 Å². The summed E-state index contributed by atoms with van der Waals surface area (Å²) in [7, 11) is 0. The molecule has 0 aromatic rings. The molecule has 8 heteroatoms. The van der Waals surface area contributed by atoms with Gasteiger partial charge < -0.3 is 19.7 Å². The van der Waals surface area contributed by atoms with Crippen molar-refractivity contribution >= 4 is 17.7 Å². The maximum Gasteiger partial charge on any atom is 0.508 e. The van der Waals surface area contributed by atoms with Gasteiger partial charge in [0.15, 0.2) is 12.3 Å². The summed E-state index contributed by atoms with van der Waals surface area (Å²) in [5, 5.41) is 23.4. The topological polar surface area (TPSA) is 110 Å². The van der Waals surface area contributed by atoms with Gasteiger partial charge in [-0.1, -0.05) is 51.2 Å². The van der Waals surface area contributed by atoms with Gasteiger partial charge in [0.05, 0.1) is 6.10 Å². The van der Waals surface area contributed by atoms with E-state index in [1.54, 1.807) is 19.9 Å². The molecular weight excluding hydrogens is 491 g/mol. The summed E-state index contributed by atoms with van der Waals surface area (Å²) in [6.45, 7) is 10.3. The average molecular weight is 533 g/mol. The average Bonchev–Trinajstić information content (AvgIpc) is 3.05. The third-order valence-corrected chi connectivity index (χ3v) is 10.2. The van der Waals surface area contributed by atoms with Crippen LogP contribution in [0.25, 0.3) is 0 Å². The minimum absolute atomic E-state index is 0.0305. The first-order valence-electron chi connectivity index (χ1n) is 13.8. The smallest absolute Gasteiger partial charge is 0.434 e. The zero-order valence-electron chi connectivity index (χ0n) is 22.9. The van der Waals surface area contributed by atoms with Gasteiger partial charge in [0, 0.05) is 29.6 Å². The van der Waals surface area contributed by atoms with Gasteiger partial charge in [-0.2, -0.15) is 0 Å². The standard InChI is InChI=1S/C30H41FO7/c1-6-7-21(32)11-13-37-26(35)38-17-25(34)30(36)19(3)15-23-22-9-8-20-14-18(2)10-12-27(20,4)29(22,31)24(33)16-28(23,30)5/h10,12,14,19,22-24,33,36H,2,6-9,11,13,15-17H2,1,3-5H3/t19-,22+,23+,24+,27+,28+,29+,30+/m0/s1. The monoisotopic (exact) mass is 532 g/mol. The highest BCUT2D eigenvalue weighted by atomic mass is 19.1. The molecule has 0 heterocycles. The van der Waals surface area contributed by atoms with Crippen molar-refractivity contribution in [3.05, 3.63) is 36.0 Å². The second-order valence-corrected chi connectivity index (χ2v) is 12.2. The Kier molecular flexibility index (Phi) is 7.56. The fourth-order valence-electron chi connectivity index (χ4n) is 8.15. The van der Waals surface area contributed by atoms with Gasteiger partial charge in [-0.3, -0.25) is 9.59 Å². The summed E-state index contributed by atoms with van der Waals surface area (Å²) in [6.07, 6.45) is 5.65. The maximum absolute atomic E-state index is 17.3. The highest BCUT2D eigenvalue weighted by Gasteiger charge is 2.75. The summed E-state index contributed by atoms with van der Waals surface area (Å²) in [5.41, 5.74) is -4.27. The van der Waals surface area contributed by atoms with E-state index in [-0.39, 0.29) is 31.1 Å². The molecule has 3 fully saturated rings. The molecule has 2 N–H and O–H groups in total. The molecule has 0 amide bonds. The number of Topliss-reactive ketones (excluding diaryl/α,β-unsaturated/α-hetero) is 2. The Hall–Kier alpha value is -2.32. The lowest BCUT2D eigenvalue weighted by Crippen LogP contribution is -2.69. The number of carbonyl (C=O) groups is 3. The first kappa shape index (κ1) is 28.7. The molecule has 0 spiro atoms. The Labute approximate surface area is 224 Å². The van der Waals surface area contributed by atoms with Crippen molar-refractivity contribution in [2.75, 3.05) is 13.2 Å². The van der Waals surface area contributed by atoms with Crippen LogP contribution in [-0.2, 0) is 19.1 Å². The number of fused-ring (bicyclic) bond motifs is 5. The molecule has 0 saturated heterocycles. The SMILES string of the molecule is C=C1C=C[C@]2(C)C(=C1)CC[C@@H]1[C@H]3C[C@H](C)[C@@](O)(C(=O)COC(=O)OCCC(=O)CCC)[C@]3(C)C[C@@H](O)[C@]12F. The zero-order chi connectivity index (χ0) is 28.1. The number of ketones is 2. The van der Waals surface area contributed by atoms with Crippen LogP contribution in [0.2, 0.25) is 0 Å². The second kappa shape index (κ2) is 10.0. The molecule has 8 atom stereocenters. The first-order valence-corrected chi connectivity index (χ1v) is 13.8. The lowest BCUT2D eigenvalue weighted by atomic mass is 9.44. The number of aliphatic hydroxyl groups excluding tert-OH is 1. The van der Waals surface area contributed by atoms with Crippen LogP contribution in [0.3, 0.4) is 0 Å². The molecule has 0 unspecified atom stereocenters. The van der Waals surface area contributed by atoms with Crippen molar-refractivity contribution in [2.45, 2.75) is 90.0 Å². The van der Waals surface area contributed by atoms with E-state index >= 15 is 4.39 Å². The second-order valence-electron chi connectivity index (χ2n) is 12.2. The Balaban J connectivity index is 1.51. The van der Waals surface area contributed by atoms with Gasteiger partial charge >= 0.3 is 6.16 Å². The van der Waals surface area contributed by atoms with Crippen molar-refractivity contribution in [2.24, 2.45) is 28.6 Å². The van der Waals surface area contributed by atoms with Crippen molar-refractivity contribution in [1.82, 2.24) is 0 Å². The van der Waals surface area contributed by atoms with Gasteiger partial charge in [-0.05, 0) is 56.4 Å². The van der Waals surface area contributed by atoms with Gasteiger partial charge in [0.25, 0.3) is 0 Å². The lowest BCUT2D eigenvalue weighted by Gasteiger charge is -2.62. The number of carbonyl (C=O) groups excluding carboxylic acids is 3. The highest BCUT2D eigenvalue weighted by Crippen LogP contribution is 2.70. The van der Waals surface area contributed by atoms with Gasteiger partial charge in [0.1, 0.15) is 18.0 Å². The molecule has 3 saturated carbocycles. The molecule has 0 aromatic carbocycles. The number of aliphatic hydroxyl groups is 2. The van der Waals surface area contributed by atoms with Crippen molar-refractivity contribution < 1.29 is 38.5 Å². The normalized spacial score (nSPS) is 41.4. The minimum Gasteiger partial charge on any atom is -0.434 e. The molecule has 0 aliphatic heterocycles. The lowest BCUT2D eigenvalue weighted by molar-refractivity contribution is -0.219. The minimum atomic E-state index is -1.96. The van der Waals surface area contributed by atoms with Gasteiger partial charge in [-0.15, -0.1) is 0 Å². The molecule has 7 nitrogen and oxygen atoms in total. The molecule has 4 aliphatic carbocycles. The summed E-state index contributed by atoms with van der Waals surface area (Å²) in [4.78, 5) is 37.1. The largest absolute Gasteiger partial charge is 0.508 e. The Morgan fingerprint density at radius 3 is 2.58 bits per heavy atom. The highest BCUT2D eigenvalue weighted by molar-refractivity contribution is 5.91. The number of ether oxygens (including phenoxy) is 2. The third-order valence-electron chi connectivity index (χ3n) is 10.2. The van der Waals surface area contributed by atoms with Crippen LogP contribution in [0.1, 0.15) is 72.6 Å². The van der Waals surface area contributed by atoms with E-state index in [1.165, 1.54) is 0 Å². The van der Waals surface area contributed by atoms with Gasteiger partial charge in [-0.25, -0.2) is 9.18 Å². The Morgan fingerprint density at radius 2 is 1.89 bits per heavy atom. The summed E-state index contributed by atoms with van der Waals surface area (Å²) in [5.74, 6) is -2.17. The Morgan fingerprint density at radius 1 is 1.18 bits per heavy atom. The summed E-state index contributed by atoms with van der Waals surface area (Å²) < 4.78 is 27.2. The van der Waals surface area contributed by atoms with Crippen molar-refractivity contribution in [3.63, 3.8) is 0 Å². The molecule has 4 aliphatic rings. The molecule has 0 aromatic heterocycles. The molecule has 0 bridgehead atoms. The van der Waals surface area contributed by atoms with Crippen molar-refractivity contribution in [1.29, 1.82) is 0 Å². The molecule has 38 heavy (non-hydrogen) atoms. The fraction of sp³-hybridized carbons (Fsp3) is 0.700. The third kappa shape index (κ3) is 4.10. The van der Waals surface area contributed by atoms with E-state index in [2.05, 4.69) is 6.58 Å². The van der Waals surface area contributed by atoms with Crippen LogP contribution >= 0.6 is 0 Å².